The van der Waals surface area contributed by atoms with E-state index in [2.05, 4.69) is 19.9 Å². The van der Waals surface area contributed by atoms with Crippen molar-refractivity contribution in [3.05, 3.63) is 58.4 Å². The molecule has 0 radical (unpaired) electrons. The van der Waals surface area contributed by atoms with Crippen LogP contribution in [0.15, 0.2) is 41.6 Å². The molecule has 150 valence electrons. The molecule has 4 heterocycles. The summed E-state index contributed by atoms with van der Waals surface area (Å²) in [6, 6.07) is 5.67. The number of nitrogens with one attached hydrogen (secondary N) is 1. The van der Waals surface area contributed by atoms with Crippen LogP contribution in [0, 0.1) is 0 Å². The van der Waals surface area contributed by atoms with Gasteiger partial charge in [0, 0.05) is 57.4 Å². The van der Waals surface area contributed by atoms with Gasteiger partial charge in [-0.3, -0.25) is 14.6 Å². The van der Waals surface area contributed by atoms with Crippen molar-refractivity contribution >= 4 is 22.8 Å². The van der Waals surface area contributed by atoms with Gasteiger partial charge in [-0.05, 0) is 30.5 Å². The first kappa shape index (κ1) is 19.0. The lowest BCUT2D eigenvalue weighted by Gasteiger charge is -2.33. The molecule has 29 heavy (non-hydrogen) atoms. The van der Waals surface area contributed by atoms with Crippen LogP contribution in [-0.4, -0.2) is 57.9 Å². The predicted molar refractivity (Wildman–Crippen MR) is 111 cm³/mol. The summed E-state index contributed by atoms with van der Waals surface area (Å²) >= 11 is 0. The summed E-state index contributed by atoms with van der Waals surface area (Å²) in [6.07, 6.45) is 7.15. The van der Waals surface area contributed by atoms with E-state index in [0.717, 1.165) is 30.6 Å². The lowest BCUT2D eigenvalue weighted by atomic mass is 9.93. The van der Waals surface area contributed by atoms with Gasteiger partial charge in [0.2, 0.25) is 11.9 Å². The highest BCUT2D eigenvalue weighted by atomic mass is 16.2. The maximum absolute atomic E-state index is 12.7. The third-order valence-electron chi connectivity index (χ3n) is 5.29. The van der Waals surface area contributed by atoms with E-state index in [1.54, 1.807) is 23.5 Å². The Morgan fingerprint density at radius 3 is 2.97 bits per heavy atom. The molecule has 1 N–H and O–H groups in total. The zero-order valence-electron chi connectivity index (χ0n) is 16.6. The van der Waals surface area contributed by atoms with Crippen molar-refractivity contribution in [3.63, 3.8) is 0 Å². The number of carbonyl (C=O) groups is 1. The molecule has 0 unspecified atom stereocenters. The zero-order chi connectivity index (χ0) is 20.4. The highest BCUT2D eigenvalue weighted by Crippen LogP contribution is 2.27. The maximum atomic E-state index is 12.7. The van der Waals surface area contributed by atoms with Gasteiger partial charge in [0.15, 0.2) is 0 Å². The van der Waals surface area contributed by atoms with E-state index < -0.39 is 0 Å². The number of amides is 1. The Morgan fingerprint density at radius 2 is 2.21 bits per heavy atom. The summed E-state index contributed by atoms with van der Waals surface area (Å²) in [6.45, 7) is 1.33. The van der Waals surface area contributed by atoms with E-state index in [9.17, 15) is 9.59 Å². The first-order valence-corrected chi connectivity index (χ1v) is 9.75. The number of aromatic amines is 1. The Labute approximate surface area is 168 Å². The Kier molecular flexibility index (Phi) is 5.24. The predicted octanol–water partition coefficient (Wildman–Crippen LogP) is 1.73. The van der Waals surface area contributed by atoms with Crippen molar-refractivity contribution in [2.24, 2.45) is 0 Å². The molecule has 8 heteroatoms. The van der Waals surface area contributed by atoms with Crippen LogP contribution in [0.3, 0.4) is 0 Å². The highest BCUT2D eigenvalue weighted by molar-refractivity contribution is 5.79. The summed E-state index contributed by atoms with van der Waals surface area (Å²) in [5.74, 6) is 0.727. The lowest BCUT2D eigenvalue weighted by Crippen LogP contribution is -2.40. The highest BCUT2D eigenvalue weighted by Gasteiger charge is 2.26. The topological polar surface area (TPSA) is 95.1 Å². The Morgan fingerprint density at radius 1 is 1.34 bits per heavy atom. The van der Waals surface area contributed by atoms with Crippen molar-refractivity contribution in [1.82, 2.24) is 24.8 Å². The number of nitrogens with zero attached hydrogens (tertiary/aromatic N) is 5. The minimum atomic E-state index is -0.193. The lowest BCUT2D eigenvalue weighted by molar-refractivity contribution is -0.131. The average Bonchev–Trinajstić information content (AvgIpc) is 2.74. The number of hydrogen-bond acceptors (Lipinski definition) is 6. The molecule has 0 aliphatic carbocycles. The third kappa shape index (κ3) is 4.11. The second kappa shape index (κ2) is 7.98. The van der Waals surface area contributed by atoms with E-state index in [1.165, 1.54) is 0 Å². The summed E-state index contributed by atoms with van der Waals surface area (Å²) in [4.78, 5) is 44.8. The Bertz CT molecular complexity index is 1080. The number of likely N-dealkylation sites (tertiary alicyclic amines) is 1. The van der Waals surface area contributed by atoms with E-state index in [-0.39, 0.29) is 17.4 Å². The Balaban J connectivity index is 1.56. The summed E-state index contributed by atoms with van der Waals surface area (Å²) in [7, 11) is 3.73. The number of H-pyrrole nitrogens is 1. The van der Waals surface area contributed by atoms with E-state index in [1.807, 2.05) is 37.2 Å². The van der Waals surface area contributed by atoms with Gasteiger partial charge >= 0.3 is 0 Å². The van der Waals surface area contributed by atoms with Gasteiger partial charge < -0.3 is 14.8 Å². The number of anilines is 1. The molecule has 1 atom stereocenters. The molecule has 8 nitrogen and oxygen atoms in total. The molecular formula is C21H24N6O2. The van der Waals surface area contributed by atoms with Crippen molar-refractivity contribution < 1.29 is 4.79 Å². The smallest absolute Gasteiger partial charge is 0.259 e. The van der Waals surface area contributed by atoms with Crippen LogP contribution < -0.4 is 10.5 Å². The molecule has 1 amide bonds. The van der Waals surface area contributed by atoms with Crippen LogP contribution in [-0.2, 0) is 11.2 Å². The molecule has 0 aromatic carbocycles. The third-order valence-corrected chi connectivity index (χ3v) is 5.29. The fourth-order valence-corrected chi connectivity index (χ4v) is 3.73. The number of aromatic nitrogens is 4. The standard InChI is InChI=1S/C21H24N6O2/c1-26(2)21-23-12-16-18(25-21)10-17(24-20(16)29)15-6-4-8-27(13-15)19(28)9-14-5-3-7-22-11-14/h3,5,7,10-12,15H,4,6,8-9,13H2,1-2H3,(H,24,29)/t15-/m1/s1. The first-order chi connectivity index (χ1) is 14.0. The van der Waals surface area contributed by atoms with E-state index in [4.69, 9.17) is 0 Å². The molecule has 3 aromatic heterocycles. The summed E-state index contributed by atoms with van der Waals surface area (Å²) in [5, 5.41) is 0.472. The number of fused-ring (bicyclic) bond motifs is 1. The first-order valence-electron chi connectivity index (χ1n) is 9.75. The van der Waals surface area contributed by atoms with Crippen LogP contribution in [0.5, 0.6) is 0 Å². The van der Waals surface area contributed by atoms with Crippen LogP contribution in [0.25, 0.3) is 10.9 Å². The monoisotopic (exact) mass is 392 g/mol. The van der Waals surface area contributed by atoms with Gasteiger partial charge in [0.05, 0.1) is 17.3 Å². The van der Waals surface area contributed by atoms with E-state index >= 15 is 0 Å². The zero-order valence-corrected chi connectivity index (χ0v) is 16.6. The fourth-order valence-electron chi connectivity index (χ4n) is 3.73. The van der Waals surface area contributed by atoms with Crippen LogP contribution in [0.2, 0.25) is 0 Å². The number of pyridine rings is 2. The van der Waals surface area contributed by atoms with Gasteiger partial charge in [-0.15, -0.1) is 0 Å². The molecule has 0 spiro atoms. The average molecular weight is 392 g/mol. The number of hydrogen-bond donors (Lipinski definition) is 1. The number of piperidine rings is 1. The largest absolute Gasteiger partial charge is 0.347 e. The van der Waals surface area contributed by atoms with Crippen molar-refractivity contribution in [1.29, 1.82) is 0 Å². The quantitative estimate of drug-likeness (QED) is 0.727. The van der Waals surface area contributed by atoms with Crippen LogP contribution >= 0.6 is 0 Å². The molecule has 1 aliphatic rings. The molecular weight excluding hydrogens is 368 g/mol. The second-order valence-corrected chi connectivity index (χ2v) is 7.63. The molecule has 1 aliphatic heterocycles. The SMILES string of the molecule is CN(C)c1ncc2c(=O)[nH]c([C@@H]3CCCN(C(=O)Cc4cccnc4)C3)cc2n1. The molecule has 1 fully saturated rings. The number of carbonyl (C=O) groups excluding carboxylic acids is 1. The van der Waals surface area contributed by atoms with Gasteiger partial charge in [0.25, 0.3) is 5.56 Å². The fraction of sp³-hybridized carbons (Fsp3) is 0.381. The van der Waals surface area contributed by atoms with Gasteiger partial charge in [-0.25, -0.2) is 9.97 Å². The molecule has 3 aromatic rings. The Hall–Kier alpha value is -3.29. The van der Waals surface area contributed by atoms with Crippen molar-refractivity contribution in [2.75, 3.05) is 32.1 Å². The second-order valence-electron chi connectivity index (χ2n) is 7.63. The van der Waals surface area contributed by atoms with Gasteiger partial charge in [0.1, 0.15) is 0 Å². The minimum absolute atomic E-state index is 0.0801. The minimum Gasteiger partial charge on any atom is -0.347 e. The molecule has 0 bridgehead atoms. The van der Waals surface area contributed by atoms with Gasteiger partial charge in [-0.1, -0.05) is 6.07 Å². The normalized spacial score (nSPS) is 16.8. The summed E-state index contributed by atoms with van der Waals surface area (Å²) < 4.78 is 0. The van der Waals surface area contributed by atoms with E-state index in [0.29, 0.717) is 29.8 Å². The molecule has 0 saturated carbocycles. The van der Waals surface area contributed by atoms with Crippen LogP contribution in [0.1, 0.15) is 30.0 Å². The number of rotatable bonds is 4. The van der Waals surface area contributed by atoms with Crippen molar-refractivity contribution in [2.45, 2.75) is 25.2 Å². The molecule has 1 saturated heterocycles. The maximum Gasteiger partial charge on any atom is 0.259 e. The molecule has 4 rings (SSSR count). The van der Waals surface area contributed by atoms with Crippen molar-refractivity contribution in [3.8, 4) is 0 Å². The van der Waals surface area contributed by atoms with Gasteiger partial charge in [-0.2, -0.15) is 0 Å². The summed E-state index contributed by atoms with van der Waals surface area (Å²) in [5.41, 5.74) is 2.17. The van der Waals surface area contributed by atoms with Crippen LogP contribution in [0.4, 0.5) is 5.95 Å².